The van der Waals surface area contributed by atoms with Crippen LogP contribution in [0.2, 0.25) is 0 Å². The molecule has 8 heteroatoms. The van der Waals surface area contributed by atoms with Crippen molar-refractivity contribution in [2.45, 2.75) is 32.5 Å². The molecule has 0 aliphatic rings. The number of anilines is 3. The maximum absolute atomic E-state index is 12.4. The number of carbonyl (C=O) groups is 1. The second-order valence-corrected chi connectivity index (χ2v) is 8.59. The molecule has 0 atom stereocenters. The Balaban J connectivity index is 1.35. The number of hydrogen-bond acceptors (Lipinski definition) is 7. The summed E-state index contributed by atoms with van der Waals surface area (Å²) in [6.45, 7) is 0.668. The van der Waals surface area contributed by atoms with Gasteiger partial charge in [-0.1, -0.05) is 54.6 Å². The molecule has 8 nitrogen and oxygen atoms in total. The minimum atomic E-state index is -0.0356. The summed E-state index contributed by atoms with van der Waals surface area (Å²) < 4.78 is 11.0. The van der Waals surface area contributed by atoms with Crippen molar-refractivity contribution in [1.29, 1.82) is 0 Å². The highest BCUT2D eigenvalue weighted by atomic mass is 16.5. The van der Waals surface area contributed by atoms with Gasteiger partial charge in [-0.2, -0.15) is 4.98 Å². The van der Waals surface area contributed by atoms with Crippen molar-refractivity contribution >= 4 is 23.4 Å². The molecule has 0 bridgehead atoms. The van der Waals surface area contributed by atoms with Gasteiger partial charge in [-0.25, -0.2) is 4.98 Å². The molecule has 4 aromatic rings. The fourth-order valence-electron chi connectivity index (χ4n) is 3.99. The lowest BCUT2D eigenvalue weighted by Gasteiger charge is -2.13. The van der Waals surface area contributed by atoms with Crippen LogP contribution in [0.1, 0.15) is 29.7 Å². The first-order valence-electron chi connectivity index (χ1n) is 12.1. The van der Waals surface area contributed by atoms with Gasteiger partial charge in [0.1, 0.15) is 11.6 Å². The Hall–Kier alpha value is -4.43. The Labute approximate surface area is 216 Å². The van der Waals surface area contributed by atoms with Crippen LogP contribution in [0, 0.1) is 0 Å². The normalized spacial score (nSPS) is 10.7. The molecule has 0 unspecified atom stereocenters. The molecule has 1 amide bonds. The zero-order valence-corrected chi connectivity index (χ0v) is 20.8. The molecular formula is C29H31N5O3. The summed E-state index contributed by atoms with van der Waals surface area (Å²) >= 11 is 0. The van der Waals surface area contributed by atoms with Crippen molar-refractivity contribution in [2.24, 2.45) is 0 Å². The Morgan fingerprint density at radius 3 is 2.30 bits per heavy atom. The van der Waals surface area contributed by atoms with E-state index < -0.39 is 0 Å². The molecule has 4 rings (SSSR count). The predicted octanol–water partition coefficient (Wildman–Crippen LogP) is 4.99. The average Bonchev–Trinajstić information content (AvgIpc) is 2.90. The zero-order chi connectivity index (χ0) is 26.0. The summed E-state index contributed by atoms with van der Waals surface area (Å²) in [5.41, 5.74) is 17.1. The highest BCUT2D eigenvalue weighted by Crippen LogP contribution is 2.30. The smallest absolute Gasteiger partial charge is 0.224 e. The number of aryl methyl sites for hydroxylation is 1. The molecule has 0 saturated carbocycles. The summed E-state index contributed by atoms with van der Waals surface area (Å²) in [5, 5.41) is 2.95. The van der Waals surface area contributed by atoms with Crippen LogP contribution in [0.25, 0.3) is 11.1 Å². The van der Waals surface area contributed by atoms with E-state index in [4.69, 9.17) is 20.9 Å². The van der Waals surface area contributed by atoms with Gasteiger partial charge in [0, 0.05) is 17.7 Å². The number of ether oxygens (including phenoxy) is 2. The summed E-state index contributed by atoms with van der Waals surface area (Å²) in [4.78, 5) is 20.9. The van der Waals surface area contributed by atoms with E-state index in [-0.39, 0.29) is 24.3 Å². The van der Waals surface area contributed by atoms with E-state index in [1.807, 2.05) is 78.9 Å². The van der Waals surface area contributed by atoms with Crippen molar-refractivity contribution < 1.29 is 14.3 Å². The van der Waals surface area contributed by atoms with Crippen LogP contribution in [0.4, 0.5) is 17.5 Å². The summed E-state index contributed by atoms with van der Waals surface area (Å²) in [6.07, 6.45) is 2.00. The van der Waals surface area contributed by atoms with Gasteiger partial charge >= 0.3 is 0 Å². The lowest BCUT2D eigenvalue weighted by molar-refractivity contribution is -0.116. The second-order valence-electron chi connectivity index (χ2n) is 8.59. The SMILES string of the molecule is COc1ccc(CCCC(=O)Nc2ccc(-c3c(N)nc(N)nc3COCc3ccccc3)cc2)cc1. The highest BCUT2D eigenvalue weighted by molar-refractivity contribution is 5.91. The number of nitrogens with zero attached hydrogens (tertiary/aromatic N) is 2. The Bertz CT molecular complexity index is 1310. The van der Waals surface area contributed by atoms with Gasteiger partial charge in [-0.3, -0.25) is 4.79 Å². The molecule has 3 aromatic carbocycles. The van der Waals surface area contributed by atoms with Gasteiger partial charge in [-0.05, 0) is 53.8 Å². The van der Waals surface area contributed by atoms with E-state index in [0.717, 1.165) is 29.7 Å². The van der Waals surface area contributed by atoms with Gasteiger partial charge in [0.25, 0.3) is 0 Å². The van der Waals surface area contributed by atoms with Gasteiger partial charge in [0.2, 0.25) is 11.9 Å². The second kappa shape index (κ2) is 12.5. The molecule has 0 saturated heterocycles. The number of amides is 1. The number of nitrogen functional groups attached to an aromatic ring is 2. The van der Waals surface area contributed by atoms with Crippen LogP contribution >= 0.6 is 0 Å². The van der Waals surface area contributed by atoms with Gasteiger partial charge < -0.3 is 26.3 Å². The molecule has 1 heterocycles. The van der Waals surface area contributed by atoms with E-state index in [2.05, 4.69) is 15.3 Å². The standard InChI is InChI=1S/C29H31N5O3/c1-36-24-16-10-20(11-17-24)8-5-9-26(35)32-23-14-12-22(13-15-23)27-25(33-29(31)34-28(27)30)19-37-18-21-6-3-2-4-7-21/h2-4,6-7,10-17H,5,8-9,18-19H2,1H3,(H,32,35)(H4,30,31,33,34). The molecular weight excluding hydrogens is 466 g/mol. The number of nitrogens with one attached hydrogen (secondary N) is 1. The summed E-state index contributed by atoms with van der Waals surface area (Å²) in [5.74, 6) is 1.16. The number of rotatable bonds is 11. The quantitative estimate of drug-likeness (QED) is 0.266. The number of aromatic nitrogens is 2. The largest absolute Gasteiger partial charge is 0.497 e. The van der Waals surface area contributed by atoms with Crippen LogP contribution in [0.3, 0.4) is 0 Å². The van der Waals surface area contributed by atoms with E-state index >= 15 is 0 Å². The van der Waals surface area contributed by atoms with Gasteiger partial charge in [-0.15, -0.1) is 0 Å². The minimum absolute atomic E-state index is 0.0356. The van der Waals surface area contributed by atoms with Crippen molar-refractivity contribution in [3.05, 3.63) is 95.7 Å². The van der Waals surface area contributed by atoms with E-state index in [1.165, 1.54) is 5.56 Å². The lowest BCUT2D eigenvalue weighted by atomic mass is 10.0. The van der Waals surface area contributed by atoms with Crippen molar-refractivity contribution in [3.8, 4) is 16.9 Å². The maximum atomic E-state index is 12.4. The van der Waals surface area contributed by atoms with E-state index in [9.17, 15) is 4.79 Å². The van der Waals surface area contributed by atoms with Crippen LogP contribution in [-0.4, -0.2) is 23.0 Å². The number of benzene rings is 3. The molecule has 0 radical (unpaired) electrons. The third-order valence-electron chi connectivity index (χ3n) is 5.87. The number of hydrogen-bond donors (Lipinski definition) is 3. The highest BCUT2D eigenvalue weighted by Gasteiger charge is 2.14. The first kappa shape index (κ1) is 25.7. The maximum Gasteiger partial charge on any atom is 0.224 e. The van der Waals surface area contributed by atoms with E-state index in [1.54, 1.807) is 7.11 Å². The molecule has 37 heavy (non-hydrogen) atoms. The van der Waals surface area contributed by atoms with Gasteiger partial charge in [0.05, 0.1) is 26.0 Å². The Morgan fingerprint density at radius 1 is 0.865 bits per heavy atom. The first-order valence-corrected chi connectivity index (χ1v) is 12.1. The van der Waals surface area contributed by atoms with E-state index in [0.29, 0.717) is 30.0 Å². The fraction of sp³-hybridized carbons (Fsp3) is 0.207. The topological polar surface area (TPSA) is 125 Å². The molecule has 0 aliphatic carbocycles. The van der Waals surface area contributed by atoms with Crippen molar-refractivity contribution in [1.82, 2.24) is 9.97 Å². The molecule has 0 aliphatic heterocycles. The number of carbonyl (C=O) groups excluding carboxylic acids is 1. The number of methoxy groups -OCH3 is 1. The number of nitrogens with two attached hydrogens (primary N) is 2. The molecule has 0 fully saturated rings. The third-order valence-corrected chi connectivity index (χ3v) is 5.87. The average molecular weight is 498 g/mol. The Morgan fingerprint density at radius 2 is 1.59 bits per heavy atom. The lowest BCUT2D eigenvalue weighted by Crippen LogP contribution is -2.11. The molecule has 1 aromatic heterocycles. The summed E-state index contributed by atoms with van der Waals surface area (Å²) in [7, 11) is 1.64. The van der Waals surface area contributed by atoms with Crippen LogP contribution in [-0.2, 0) is 29.2 Å². The summed E-state index contributed by atoms with van der Waals surface area (Å²) in [6, 6.07) is 25.2. The zero-order valence-electron chi connectivity index (χ0n) is 20.8. The van der Waals surface area contributed by atoms with Crippen LogP contribution in [0.15, 0.2) is 78.9 Å². The fourth-order valence-corrected chi connectivity index (χ4v) is 3.99. The molecule has 190 valence electrons. The minimum Gasteiger partial charge on any atom is -0.497 e. The van der Waals surface area contributed by atoms with Crippen molar-refractivity contribution in [3.63, 3.8) is 0 Å². The van der Waals surface area contributed by atoms with Crippen LogP contribution in [0.5, 0.6) is 5.75 Å². The van der Waals surface area contributed by atoms with Gasteiger partial charge in [0.15, 0.2) is 0 Å². The monoisotopic (exact) mass is 497 g/mol. The third kappa shape index (κ3) is 7.28. The predicted molar refractivity (Wildman–Crippen MR) is 146 cm³/mol. The molecule has 5 N–H and O–H groups in total. The van der Waals surface area contributed by atoms with Crippen molar-refractivity contribution in [2.75, 3.05) is 23.9 Å². The molecule has 0 spiro atoms. The Kier molecular flexibility index (Phi) is 8.67. The van der Waals surface area contributed by atoms with Crippen LogP contribution < -0.4 is 21.5 Å². The first-order chi connectivity index (χ1) is 18.0.